The van der Waals surface area contributed by atoms with Crippen molar-refractivity contribution < 1.29 is 0 Å². The Hall–Kier alpha value is -1.35. The molecule has 0 spiro atoms. The van der Waals surface area contributed by atoms with Crippen molar-refractivity contribution in [2.75, 3.05) is 5.32 Å². The molecule has 1 unspecified atom stereocenters. The van der Waals surface area contributed by atoms with Crippen LogP contribution in [0.2, 0.25) is 0 Å². The SMILES string of the molecule is CCC(Nc1cccnc1Br)c1ccc(C)cc1. The van der Waals surface area contributed by atoms with Crippen LogP contribution in [0.1, 0.15) is 30.5 Å². The van der Waals surface area contributed by atoms with Crippen molar-refractivity contribution in [2.24, 2.45) is 0 Å². The summed E-state index contributed by atoms with van der Waals surface area (Å²) in [4.78, 5) is 4.23. The number of halogens is 1. The van der Waals surface area contributed by atoms with E-state index in [1.54, 1.807) is 6.20 Å². The third-order valence-electron chi connectivity index (χ3n) is 2.98. The molecule has 0 aliphatic heterocycles. The van der Waals surface area contributed by atoms with Crippen LogP contribution in [0.5, 0.6) is 0 Å². The van der Waals surface area contributed by atoms with Crippen molar-refractivity contribution >= 4 is 21.6 Å². The van der Waals surface area contributed by atoms with Gasteiger partial charge in [0, 0.05) is 6.20 Å². The predicted octanol–water partition coefficient (Wildman–Crippen LogP) is 4.72. The summed E-state index contributed by atoms with van der Waals surface area (Å²) in [7, 11) is 0. The zero-order chi connectivity index (χ0) is 13.0. The fourth-order valence-corrected chi connectivity index (χ4v) is 2.27. The normalized spacial score (nSPS) is 12.2. The molecule has 0 aliphatic carbocycles. The molecular weight excluding hydrogens is 288 g/mol. The van der Waals surface area contributed by atoms with Crippen LogP contribution < -0.4 is 5.32 Å². The predicted molar refractivity (Wildman–Crippen MR) is 79.8 cm³/mol. The second-order valence-corrected chi connectivity index (χ2v) is 5.11. The zero-order valence-electron chi connectivity index (χ0n) is 10.7. The van der Waals surface area contributed by atoms with Gasteiger partial charge in [0.1, 0.15) is 4.60 Å². The Kier molecular flexibility index (Phi) is 4.37. The molecule has 1 aromatic heterocycles. The van der Waals surface area contributed by atoms with E-state index in [0.717, 1.165) is 16.7 Å². The Labute approximate surface area is 117 Å². The number of pyridine rings is 1. The Morgan fingerprint density at radius 2 is 1.94 bits per heavy atom. The molecule has 1 N–H and O–H groups in total. The largest absolute Gasteiger partial charge is 0.376 e. The maximum Gasteiger partial charge on any atom is 0.129 e. The Bertz CT molecular complexity index is 508. The van der Waals surface area contributed by atoms with Gasteiger partial charge >= 0.3 is 0 Å². The quantitative estimate of drug-likeness (QED) is 0.827. The van der Waals surface area contributed by atoms with Crippen LogP contribution in [0.15, 0.2) is 47.2 Å². The molecule has 0 radical (unpaired) electrons. The van der Waals surface area contributed by atoms with Gasteiger partial charge in [0.15, 0.2) is 0 Å². The fraction of sp³-hybridized carbons (Fsp3) is 0.267. The summed E-state index contributed by atoms with van der Waals surface area (Å²) in [6, 6.07) is 13.0. The second-order valence-electron chi connectivity index (χ2n) is 4.36. The summed E-state index contributed by atoms with van der Waals surface area (Å²) in [6.07, 6.45) is 2.81. The van der Waals surface area contributed by atoms with Crippen LogP contribution in [0.3, 0.4) is 0 Å². The molecule has 94 valence electrons. The first-order valence-electron chi connectivity index (χ1n) is 6.14. The van der Waals surface area contributed by atoms with E-state index in [4.69, 9.17) is 0 Å². The minimum atomic E-state index is 0.311. The van der Waals surface area contributed by atoms with Crippen LogP contribution in [0, 0.1) is 6.92 Å². The van der Waals surface area contributed by atoms with Gasteiger partial charge < -0.3 is 5.32 Å². The summed E-state index contributed by atoms with van der Waals surface area (Å²) in [5.74, 6) is 0. The maximum absolute atomic E-state index is 4.23. The van der Waals surface area contributed by atoms with Crippen molar-refractivity contribution in [3.8, 4) is 0 Å². The van der Waals surface area contributed by atoms with Crippen LogP contribution in [0.25, 0.3) is 0 Å². The van der Waals surface area contributed by atoms with Crippen LogP contribution in [-0.2, 0) is 0 Å². The lowest BCUT2D eigenvalue weighted by atomic mass is 10.0. The van der Waals surface area contributed by atoms with Crippen molar-refractivity contribution in [1.82, 2.24) is 4.98 Å². The topological polar surface area (TPSA) is 24.9 Å². The first-order chi connectivity index (χ1) is 8.70. The third-order valence-corrected chi connectivity index (χ3v) is 3.61. The van der Waals surface area contributed by atoms with Crippen LogP contribution >= 0.6 is 15.9 Å². The average molecular weight is 305 g/mol. The number of benzene rings is 1. The van der Waals surface area contributed by atoms with Crippen molar-refractivity contribution in [3.63, 3.8) is 0 Å². The van der Waals surface area contributed by atoms with E-state index in [9.17, 15) is 0 Å². The number of aryl methyl sites for hydroxylation is 1. The van der Waals surface area contributed by atoms with E-state index in [0.29, 0.717) is 6.04 Å². The molecule has 18 heavy (non-hydrogen) atoms. The van der Waals surface area contributed by atoms with Gasteiger partial charge in [0.2, 0.25) is 0 Å². The monoisotopic (exact) mass is 304 g/mol. The fourth-order valence-electron chi connectivity index (χ4n) is 1.90. The molecular formula is C15H17BrN2. The lowest BCUT2D eigenvalue weighted by Crippen LogP contribution is -2.10. The summed E-state index contributed by atoms with van der Waals surface area (Å²) in [5, 5.41) is 3.52. The van der Waals surface area contributed by atoms with Crippen molar-refractivity contribution in [2.45, 2.75) is 26.3 Å². The highest BCUT2D eigenvalue weighted by molar-refractivity contribution is 9.10. The molecule has 1 heterocycles. The Morgan fingerprint density at radius 3 is 2.56 bits per heavy atom. The molecule has 0 bridgehead atoms. The molecule has 1 aromatic carbocycles. The van der Waals surface area contributed by atoms with Crippen LogP contribution in [0.4, 0.5) is 5.69 Å². The molecule has 2 rings (SSSR count). The van der Waals surface area contributed by atoms with Gasteiger partial charge in [-0.3, -0.25) is 0 Å². The third kappa shape index (κ3) is 3.10. The van der Waals surface area contributed by atoms with E-state index >= 15 is 0 Å². The molecule has 3 heteroatoms. The number of aromatic nitrogens is 1. The number of anilines is 1. The minimum Gasteiger partial charge on any atom is -0.376 e. The zero-order valence-corrected chi connectivity index (χ0v) is 12.2. The van der Waals surface area contributed by atoms with Gasteiger partial charge in [-0.25, -0.2) is 4.98 Å². The lowest BCUT2D eigenvalue weighted by molar-refractivity contribution is 0.747. The number of rotatable bonds is 4. The van der Waals surface area contributed by atoms with Gasteiger partial charge in [0.25, 0.3) is 0 Å². The van der Waals surface area contributed by atoms with E-state index in [1.807, 2.05) is 12.1 Å². The molecule has 0 saturated heterocycles. The van der Waals surface area contributed by atoms with E-state index in [2.05, 4.69) is 64.3 Å². The van der Waals surface area contributed by atoms with Gasteiger partial charge in [-0.2, -0.15) is 0 Å². The number of hydrogen-bond acceptors (Lipinski definition) is 2. The van der Waals surface area contributed by atoms with Crippen LogP contribution in [-0.4, -0.2) is 4.98 Å². The summed E-state index contributed by atoms with van der Waals surface area (Å²) < 4.78 is 0.857. The molecule has 0 fully saturated rings. The second kappa shape index (κ2) is 6.01. The van der Waals surface area contributed by atoms with Gasteiger partial charge in [-0.05, 0) is 47.0 Å². The molecule has 0 amide bonds. The van der Waals surface area contributed by atoms with E-state index in [-0.39, 0.29) is 0 Å². The molecule has 0 saturated carbocycles. The van der Waals surface area contributed by atoms with Crippen molar-refractivity contribution in [3.05, 3.63) is 58.3 Å². The van der Waals surface area contributed by atoms with Crippen molar-refractivity contribution in [1.29, 1.82) is 0 Å². The minimum absolute atomic E-state index is 0.311. The molecule has 2 aromatic rings. The number of nitrogens with zero attached hydrogens (tertiary/aromatic N) is 1. The molecule has 1 atom stereocenters. The number of nitrogens with one attached hydrogen (secondary N) is 1. The Morgan fingerprint density at radius 1 is 1.22 bits per heavy atom. The maximum atomic E-state index is 4.23. The molecule has 2 nitrogen and oxygen atoms in total. The van der Waals surface area contributed by atoms with Gasteiger partial charge in [0.05, 0.1) is 11.7 Å². The summed E-state index contributed by atoms with van der Waals surface area (Å²) >= 11 is 3.46. The summed E-state index contributed by atoms with van der Waals surface area (Å²) in [5.41, 5.74) is 3.62. The summed E-state index contributed by atoms with van der Waals surface area (Å²) in [6.45, 7) is 4.29. The average Bonchev–Trinajstić information content (AvgIpc) is 2.39. The smallest absolute Gasteiger partial charge is 0.129 e. The standard InChI is InChI=1S/C15H17BrN2/c1-3-13(12-8-6-11(2)7-9-12)18-14-5-4-10-17-15(14)16/h4-10,13,18H,3H2,1-2H3. The molecule has 0 aliphatic rings. The van der Waals surface area contributed by atoms with Gasteiger partial charge in [-0.15, -0.1) is 0 Å². The lowest BCUT2D eigenvalue weighted by Gasteiger charge is -2.19. The Balaban J connectivity index is 2.20. The number of hydrogen-bond donors (Lipinski definition) is 1. The van der Waals surface area contributed by atoms with Gasteiger partial charge in [-0.1, -0.05) is 36.8 Å². The van der Waals surface area contributed by atoms with E-state index in [1.165, 1.54) is 11.1 Å². The first-order valence-corrected chi connectivity index (χ1v) is 6.93. The highest BCUT2D eigenvalue weighted by Gasteiger charge is 2.10. The highest BCUT2D eigenvalue weighted by atomic mass is 79.9. The van der Waals surface area contributed by atoms with E-state index < -0.39 is 0 Å². The highest BCUT2D eigenvalue weighted by Crippen LogP contribution is 2.26. The first kappa shape index (κ1) is 13.1.